The molecule has 0 aliphatic rings. The first-order valence-electron chi connectivity index (χ1n) is 13.6. The van der Waals surface area contributed by atoms with Crippen molar-refractivity contribution in [3.8, 4) is 22.8 Å². The van der Waals surface area contributed by atoms with E-state index >= 15 is 0 Å². The molecule has 0 bridgehead atoms. The third-order valence-corrected chi connectivity index (χ3v) is 8.16. The van der Waals surface area contributed by atoms with Crippen LogP contribution in [-0.2, 0) is 4.79 Å². The van der Waals surface area contributed by atoms with Crippen LogP contribution in [0.25, 0.3) is 11.3 Å². The van der Waals surface area contributed by atoms with Gasteiger partial charge in [0, 0.05) is 32.9 Å². The van der Waals surface area contributed by atoms with Crippen LogP contribution >= 0.6 is 38.9 Å². The maximum absolute atomic E-state index is 12.7. The number of hydrazone groups is 1. The molecule has 9 nitrogen and oxygen atoms in total. The van der Waals surface area contributed by atoms with Gasteiger partial charge in [-0.2, -0.15) is 5.10 Å². The van der Waals surface area contributed by atoms with Crippen molar-refractivity contribution in [2.75, 3.05) is 24.4 Å². The highest BCUT2D eigenvalue weighted by Crippen LogP contribution is 2.36. The standard InChI is InChI=1S/C33H27BrClN5O4S/c1-20-8-13-25(16-27(20)35)37-30(41)18-44-31-26(34)14-21(15-29(31)43-2)17-36-40-32(42)23-11-9-22(10-12-23)28-19-45-33(39-28)38-24-6-4-3-5-7-24/h3-17,19H,18H2,1-2H3,(H,37,41)(H,38,39)(H,40,42)/b36-17+. The van der Waals surface area contributed by atoms with Crippen LogP contribution in [0.2, 0.25) is 5.02 Å². The zero-order valence-electron chi connectivity index (χ0n) is 24.1. The number of carbonyl (C=O) groups is 2. The number of amides is 2. The minimum absolute atomic E-state index is 0.253. The number of para-hydroxylation sites is 1. The van der Waals surface area contributed by atoms with Crippen molar-refractivity contribution >= 4 is 73.4 Å². The van der Waals surface area contributed by atoms with E-state index in [-0.39, 0.29) is 18.4 Å². The molecular formula is C33H27BrClN5O4S. The Morgan fingerprint density at radius 3 is 2.53 bits per heavy atom. The third kappa shape index (κ3) is 8.48. The van der Waals surface area contributed by atoms with Gasteiger partial charge in [-0.1, -0.05) is 48.0 Å². The van der Waals surface area contributed by atoms with E-state index in [2.05, 4.69) is 42.1 Å². The molecule has 0 spiro atoms. The van der Waals surface area contributed by atoms with E-state index in [9.17, 15) is 9.59 Å². The van der Waals surface area contributed by atoms with Crippen LogP contribution in [0.1, 0.15) is 21.5 Å². The van der Waals surface area contributed by atoms with Crippen LogP contribution in [-0.4, -0.2) is 36.7 Å². The van der Waals surface area contributed by atoms with Gasteiger partial charge in [-0.05, 0) is 82.5 Å². The Kier molecular flexibility index (Phi) is 10.5. The van der Waals surface area contributed by atoms with Gasteiger partial charge in [0.05, 0.1) is 23.5 Å². The zero-order chi connectivity index (χ0) is 31.8. The van der Waals surface area contributed by atoms with E-state index in [1.165, 1.54) is 24.7 Å². The van der Waals surface area contributed by atoms with Crippen molar-refractivity contribution in [2.24, 2.45) is 5.10 Å². The molecule has 45 heavy (non-hydrogen) atoms. The maximum atomic E-state index is 12.7. The van der Waals surface area contributed by atoms with Gasteiger partial charge >= 0.3 is 0 Å². The van der Waals surface area contributed by atoms with Gasteiger partial charge in [-0.15, -0.1) is 11.3 Å². The number of benzene rings is 4. The molecule has 2 amide bonds. The van der Waals surface area contributed by atoms with Crippen LogP contribution in [0.15, 0.2) is 99.9 Å². The fourth-order valence-electron chi connectivity index (χ4n) is 4.09. The molecule has 1 aromatic heterocycles. The molecule has 12 heteroatoms. The first-order valence-corrected chi connectivity index (χ1v) is 15.6. The lowest BCUT2D eigenvalue weighted by molar-refractivity contribution is -0.118. The maximum Gasteiger partial charge on any atom is 0.271 e. The normalized spacial score (nSPS) is 10.8. The van der Waals surface area contributed by atoms with Crippen LogP contribution in [0.5, 0.6) is 11.5 Å². The molecule has 0 atom stereocenters. The minimum Gasteiger partial charge on any atom is -0.493 e. The smallest absolute Gasteiger partial charge is 0.271 e. The summed E-state index contributed by atoms with van der Waals surface area (Å²) in [6.07, 6.45) is 1.48. The largest absolute Gasteiger partial charge is 0.493 e. The number of hydrogen-bond acceptors (Lipinski definition) is 8. The first-order chi connectivity index (χ1) is 21.8. The Morgan fingerprint density at radius 1 is 1.02 bits per heavy atom. The molecule has 5 aromatic rings. The number of methoxy groups -OCH3 is 1. The fraction of sp³-hybridized carbons (Fsp3) is 0.0909. The van der Waals surface area contributed by atoms with Gasteiger partial charge in [0.25, 0.3) is 11.8 Å². The molecule has 0 fully saturated rings. The summed E-state index contributed by atoms with van der Waals surface area (Å²) in [6.45, 7) is 1.63. The Bertz CT molecular complexity index is 1850. The van der Waals surface area contributed by atoms with Gasteiger partial charge in [0.2, 0.25) is 0 Å². The van der Waals surface area contributed by atoms with E-state index in [0.717, 1.165) is 27.6 Å². The Labute approximate surface area is 277 Å². The van der Waals surface area contributed by atoms with E-state index in [1.54, 1.807) is 36.4 Å². The molecule has 228 valence electrons. The van der Waals surface area contributed by atoms with Crippen molar-refractivity contribution < 1.29 is 19.1 Å². The number of aryl methyl sites for hydroxylation is 1. The number of anilines is 3. The van der Waals surface area contributed by atoms with Crippen LogP contribution in [0.4, 0.5) is 16.5 Å². The highest BCUT2D eigenvalue weighted by atomic mass is 79.9. The quantitative estimate of drug-likeness (QED) is 0.0947. The summed E-state index contributed by atoms with van der Waals surface area (Å²) in [5.41, 5.74) is 7.76. The molecule has 1 heterocycles. The molecule has 5 rings (SSSR count). The van der Waals surface area contributed by atoms with E-state index in [0.29, 0.717) is 37.8 Å². The average Bonchev–Trinajstić information content (AvgIpc) is 3.51. The predicted molar refractivity (Wildman–Crippen MR) is 183 cm³/mol. The van der Waals surface area contributed by atoms with E-state index < -0.39 is 0 Å². The average molecular weight is 705 g/mol. The number of aromatic nitrogens is 1. The Balaban J connectivity index is 1.15. The molecule has 3 N–H and O–H groups in total. The molecule has 0 aliphatic heterocycles. The van der Waals surface area contributed by atoms with Gasteiger partial charge < -0.3 is 20.1 Å². The van der Waals surface area contributed by atoms with Gasteiger partial charge in [-0.3, -0.25) is 9.59 Å². The monoisotopic (exact) mass is 703 g/mol. The summed E-state index contributed by atoms with van der Waals surface area (Å²) < 4.78 is 11.7. The molecule has 0 aliphatic carbocycles. The molecule has 0 saturated carbocycles. The van der Waals surface area contributed by atoms with E-state index in [4.69, 9.17) is 21.1 Å². The van der Waals surface area contributed by atoms with Crippen LogP contribution in [0.3, 0.4) is 0 Å². The molecule has 0 unspecified atom stereocenters. The number of halogens is 2. The number of hydrogen-bond donors (Lipinski definition) is 3. The summed E-state index contributed by atoms with van der Waals surface area (Å²) >= 11 is 11.1. The second-order valence-electron chi connectivity index (χ2n) is 9.64. The molecular weight excluding hydrogens is 678 g/mol. The minimum atomic E-state index is -0.366. The summed E-state index contributed by atoms with van der Waals surface area (Å²) in [4.78, 5) is 29.8. The second kappa shape index (κ2) is 14.8. The van der Waals surface area contributed by atoms with Crippen molar-refractivity contribution in [3.63, 3.8) is 0 Å². The number of nitrogens with zero attached hydrogens (tertiary/aromatic N) is 2. The lowest BCUT2D eigenvalue weighted by atomic mass is 10.1. The van der Waals surface area contributed by atoms with Crippen molar-refractivity contribution in [1.29, 1.82) is 0 Å². The summed E-state index contributed by atoms with van der Waals surface area (Å²) in [5.74, 6) is -0.00180. The number of nitrogens with one attached hydrogen (secondary N) is 3. The van der Waals surface area contributed by atoms with Crippen molar-refractivity contribution in [3.05, 3.63) is 116 Å². The second-order valence-corrected chi connectivity index (χ2v) is 11.8. The van der Waals surface area contributed by atoms with Crippen LogP contribution < -0.4 is 25.5 Å². The summed E-state index contributed by atoms with van der Waals surface area (Å²) in [6, 6.07) is 25.6. The van der Waals surface area contributed by atoms with Gasteiger partial charge in [-0.25, -0.2) is 10.4 Å². The fourth-order valence-corrected chi connectivity index (χ4v) is 5.59. The highest BCUT2D eigenvalue weighted by Gasteiger charge is 2.14. The van der Waals surface area contributed by atoms with E-state index in [1.807, 2.05) is 60.8 Å². The topological polar surface area (TPSA) is 114 Å². The lowest BCUT2D eigenvalue weighted by Crippen LogP contribution is -2.20. The third-order valence-electron chi connectivity index (χ3n) is 6.41. The van der Waals surface area contributed by atoms with Gasteiger partial charge in [0.1, 0.15) is 0 Å². The predicted octanol–water partition coefficient (Wildman–Crippen LogP) is 8.07. The number of carbonyl (C=O) groups excluding carboxylic acids is 2. The summed E-state index contributed by atoms with van der Waals surface area (Å²) in [7, 11) is 1.49. The number of ether oxygens (including phenoxy) is 2. The lowest BCUT2D eigenvalue weighted by Gasteiger charge is -2.13. The number of thiazole rings is 1. The number of rotatable bonds is 11. The summed E-state index contributed by atoms with van der Waals surface area (Å²) in [5, 5.41) is 13.4. The van der Waals surface area contributed by atoms with Crippen molar-refractivity contribution in [1.82, 2.24) is 10.4 Å². The Hall–Kier alpha value is -4.71. The molecule has 0 saturated heterocycles. The van der Waals surface area contributed by atoms with Crippen molar-refractivity contribution in [2.45, 2.75) is 6.92 Å². The SMILES string of the molecule is COc1cc(/C=N/NC(=O)c2ccc(-c3csc(Nc4ccccc4)n3)cc2)cc(Br)c1OCC(=O)Nc1ccc(C)c(Cl)c1. The van der Waals surface area contributed by atoms with Gasteiger partial charge in [0.15, 0.2) is 23.2 Å². The molecule has 4 aromatic carbocycles. The highest BCUT2D eigenvalue weighted by molar-refractivity contribution is 9.10. The molecule has 0 radical (unpaired) electrons. The first kappa shape index (κ1) is 31.7. The van der Waals surface area contributed by atoms with Crippen LogP contribution in [0, 0.1) is 6.92 Å². The zero-order valence-corrected chi connectivity index (χ0v) is 27.3. The Morgan fingerprint density at radius 2 is 1.80 bits per heavy atom.